The van der Waals surface area contributed by atoms with Gasteiger partial charge in [-0.25, -0.2) is 0 Å². The number of carbonyl (C=O) groups is 1. The molecule has 0 atom stereocenters. The zero-order chi connectivity index (χ0) is 11.3. The fourth-order valence-corrected chi connectivity index (χ4v) is 0.968. The van der Waals surface area contributed by atoms with E-state index in [9.17, 15) is 4.79 Å². The Hall–Kier alpha value is -1.43. The Morgan fingerprint density at radius 1 is 1.60 bits per heavy atom. The molecule has 0 aliphatic carbocycles. The summed E-state index contributed by atoms with van der Waals surface area (Å²) in [5, 5.41) is 10.3. The maximum atomic E-state index is 11.6. The summed E-state index contributed by atoms with van der Waals surface area (Å²) in [5.74, 6) is -0.0369. The highest BCUT2D eigenvalue weighted by Crippen LogP contribution is 2.11. The number of carbonyl (C=O) groups excluding carboxylic acids is 1. The monoisotopic (exact) mass is 211 g/mol. The molecule has 0 fully saturated rings. The van der Waals surface area contributed by atoms with Crippen molar-refractivity contribution in [3.05, 3.63) is 12.4 Å². The molecule has 0 aliphatic rings. The summed E-state index contributed by atoms with van der Waals surface area (Å²) in [7, 11) is 0. The Bertz CT molecular complexity index is 306. The Morgan fingerprint density at radius 2 is 2.33 bits per heavy atom. The van der Waals surface area contributed by atoms with Crippen molar-refractivity contribution < 1.29 is 4.79 Å². The lowest BCUT2D eigenvalue weighted by molar-refractivity contribution is -0.128. The molecule has 0 bridgehead atoms. The van der Waals surface area contributed by atoms with Crippen LogP contribution in [0.4, 0.5) is 0 Å². The van der Waals surface area contributed by atoms with Crippen molar-refractivity contribution in [1.29, 1.82) is 0 Å². The number of nitrogens with two attached hydrogens (primary N) is 1. The van der Waals surface area contributed by atoms with Crippen LogP contribution in [0.5, 0.6) is 0 Å². The second-order valence-corrected chi connectivity index (χ2v) is 4.01. The molecule has 0 saturated heterocycles. The van der Waals surface area contributed by atoms with Gasteiger partial charge in [-0.15, -0.1) is 5.10 Å². The Balaban J connectivity index is 2.29. The van der Waals surface area contributed by atoms with E-state index >= 15 is 0 Å². The van der Waals surface area contributed by atoms with Crippen LogP contribution in [0.1, 0.15) is 13.8 Å². The van der Waals surface area contributed by atoms with Gasteiger partial charge in [-0.05, 0) is 13.8 Å². The van der Waals surface area contributed by atoms with E-state index in [1.54, 1.807) is 17.1 Å². The van der Waals surface area contributed by atoms with Gasteiger partial charge in [0.05, 0.1) is 18.2 Å². The Labute approximate surface area is 88.8 Å². The van der Waals surface area contributed by atoms with Gasteiger partial charge >= 0.3 is 0 Å². The SMILES string of the molecule is CC(C)(CN)C(=O)NCCn1ccnn1. The maximum Gasteiger partial charge on any atom is 0.226 e. The van der Waals surface area contributed by atoms with E-state index in [4.69, 9.17) is 5.73 Å². The van der Waals surface area contributed by atoms with Crippen molar-refractivity contribution in [3.8, 4) is 0 Å². The number of rotatable bonds is 5. The summed E-state index contributed by atoms with van der Waals surface area (Å²) in [6.45, 7) is 5.12. The van der Waals surface area contributed by atoms with E-state index in [2.05, 4.69) is 15.6 Å². The highest BCUT2D eigenvalue weighted by molar-refractivity contribution is 5.81. The first kappa shape index (κ1) is 11.6. The van der Waals surface area contributed by atoms with Crippen LogP contribution >= 0.6 is 0 Å². The van der Waals surface area contributed by atoms with Crippen LogP contribution in [0.25, 0.3) is 0 Å². The van der Waals surface area contributed by atoms with E-state index in [0.29, 0.717) is 19.6 Å². The second-order valence-electron chi connectivity index (χ2n) is 4.01. The van der Waals surface area contributed by atoms with Gasteiger partial charge in [0.2, 0.25) is 5.91 Å². The van der Waals surface area contributed by atoms with E-state index in [0.717, 1.165) is 0 Å². The molecule has 0 saturated carbocycles. The molecule has 6 nitrogen and oxygen atoms in total. The minimum absolute atomic E-state index is 0.0369. The molecule has 1 heterocycles. The van der Waals surface area contributed by atoms with Crippen molar-refractivity contribution in [1.82, 2.24) is 20.3 Å². The number of amides is 1. The molecule has 0 aromatic carbocycles. The van der Waals surface area contributed by atoms with Crippen LogP contribution in [-0.2, 0) is 11.3 Å². The van der Waals surface area contributed by atoms with Crippen molar-refractivity contribution >= 4 is 5.91 Å². The molecular formula is C9H17N5O. The normalized spacial score (nSPS) is 11.4. The Morgan fingerprint density at radius 3 is 2.87 bits per heavy atom. The van der Waals surface area contributed by atoms with Gasteiger partial charge in [-0.1, -0.05) is 5.21 Å². The predicted molar refractivity (Wildman–Crippen MR) is 55.9 cm³/mol. The van der Waals surface area contributed by atoms with E-state index < -0.39 is 5.41 Å². The number of nitrogens with one attached hydrogen (secondary N) is 1. The third-order valence-corrected chi connectivity index (χ3v) is 2.22. The summed E-state index contributed by atoms with van der Waals surface area (Å²) >= 11 is 0. The van der Waals surface area contributed by atoms with Gasteiger partial charge in [0.1, 0.15) is 0 Å². The van der Waals surface area contributed by atoms with Gasteiger partial charge in [-0.3, -0.25) is 9.48 Å². The fraction of sp³-hybridized carbons (Fsp3) is 0.667. The summed E-state index contributed by atoms with van der Waals surface area (Å²) in [6, 6.07) is 0. The highest BCUT2D eigenvalue weighted by atomic mass is 16.2. The standard InChI is InChI=1S/C9H17N5O/c1-9(2,7-10)8(15)11-3-5-14-6-4-12-13-14/h4,6H,3,5,7,10H2,1-2H3,(H,11,15). The molecule has 0 unspecified atom stereocenters. The number of aromatic nitrogens is 3. The summed E-state index contributed by atoms with van der Waals surface area (Å²) in [4.78, 5) is 11.6. The molecular weight excluding hydrogens is 194 g/mol. The molecule has 0 aliphatic heterocycles. The smallest absolute Gasteiger partial charge is 0.226 e. The largest absolute Gasteiger partial charge is 0.354 e. The minimum Gasteiger partial charge on any atom is -0.354 e. The topological polar surface area (TPSA) is 85.8 Å². The van der Waals surface area contributed by atoms with Crippen molar-refractivity contribution in [2.24, 2.45) is 11.1 Å². The first-order chi connectivity index (χ1) is 7.06. The van der Waals surface area contributed by atoms with Gasteiger partial charge in [0.25, 0.3) is 0 Å². The summed E-state index contributed by atoms with van der Waals surface area (Å²) < 4.78 is 1.66. The third kappa shape index (κ3) is 3.32. The van der Waals surface area contributed by atoms with E-state index in [-0.39, 0.29) is 5.91 Å². The lowest BCUT2D eigenvalue weighted by atomic mass is 9.93. The van der Waals surface area contributed by atoms with Crippen LogP contribution in [-0.4, -0.2) is 34.0 Å². The minimum atomic E-state index is -0.512. The van der Waals surface area contributed by atoms with Gasteiger partial charge in [-0.2, -0.15) is 0 Å². The molecule has 1 amide bonds. The van der Waals surface area contributed by atoms with Gasteiger partial charge < -0.3 is 11.1 Å². The number of hydrogen-bond acceptors (Lipinski definition) is 4. The maximum absolute atomic E-state index is 11.6. The van der Waals surface area contributed by atoms with Crippen LogP contribution in [0, 0.1) is 5.41 Å². The quantitative estimate of drug-likeness (QED) is 0.679. The molecule has 1 rings (SSSR count). The van der Waals surface area contributed by atoms with Crippen LogP contribution in [0.3, 0.4) is 0 Å². The predicted octanol–water partition coefficient (Wildman–Crippen LogP) is -0.621. The van der Waals surface area contributed by atoms with E-state index in [1.807, 2.05) is 13.8 Å². The molecule has 15 heavy (non-hydrogen) atoms. The molecule has 1 aromatic heterocycles. The zero-order valence-corrected chi connectivity index (χ0v) is 9.10. The summed E-state index contributed by atoms with van der Waals surface area (Å²) in [6.07, 6.45) is 3.35. The molecule has 84 valence electrons. The van der Waals surface area contributed by atoms with Crippen LogP contribution < -0.4 is 11.1 Å². The number of nitrogens with zero attached hydrogens (tertiary/aromatic N) is 3. The molecule has 0 radical (unpaired) electrons. The third-order valence-electron chi connectivity index (χ3n) is 2.22. The molecule has 3 N–H and O–H groups in total. The van der Waals surface area contributed by atoms with Crippen LogP contribution in [0.15, 0.2) is 12.4 Å². The molecule has 6 heteroatoms. The molecule has 0 spiro atoms. The summed E-state index contributed by atoms with van der Waals surface area (Å²) in [5.41, 5.74) is 4.97. The van der Waals surface area contributed by atoms with Crippen molar-refractivity contribution in [3.63, 3.8) is 0 Å². The zero-order valence-electron chi connectivity index (χ0n) is 9.10. The second kappa shape index (κ2) is 4.88. The van der Waals surface area contributed by atoms with E-state index in [1.165, 1.54) is 0 Å². The lowest BCUT2D eigenvalue weighted by Crippen LogP contribution is -2.42. The van der Waals surface area contributed by atoms with Crippen molar-refractivity contribution in [2.45, 2.75) is 20.4 Å². The fourth-order valence-electron chi connectivity index (χ4n) is 0.968. The van der Waals surface area contributed by atoms with Crippen LogP contribution in [0.2, 0.25) is 0 Å². The first-order valence-electron chi connectivity index (χ1n) is 4.89. The first-order valence-corrected chi connectivity index (χ1v) is 4.89. The molecule has 1 aromatic rings. The van der Waals surface area contributed by atoms with Crippen molar-refractivity contribution in [2.75, 3.05) is 13.1 Å². The highest BCUT2D eigenvalue weighted by Gasteiger charge is 2.24. The van der Waals surface area contributed by atoms with Gasteiger partial charge in [0, 0.05) is 19.3 Å². The lowest BCUT2D eigenvalue weighted by Gasteiger charge is -2.21. The average Bonchev–Trinajstić information content (AvgIpc) is 2.70. The average molecular weight is 211 g/mol. The van der Waals surface area contributed by atoms with Gasteiger partial charge in [0.15, 0.2) is 0 Å². The Kier molecular flexibility index (Phi) is 3.79. The number of hydrogen-bond donors (Lipinski definition) is 2.